The third kappa shape index (κ3) is 9.53. The molecular weight excluding hydrogens is 422 g/mol. The highest BCUT2D eigenvalue weighted by molar-refractivity contribution is 5.92. The van der Waals surface area contributed by atoms with Crippen molar-refractivity contribution < 1.29 is 34.2 Å². The summed E-state index contributed by atoms with van der Waals surface area (Å²) in [6.07, 6.45) is -1.54. The molecule has 0 spiro atoms. The van der Waals surface area contributed by atoms with Crippen LogP contribution in [0.15, 0.2) is 30.3 Å². The summed E-state index contributed by atoms with van der Waals surface area (Å²) < 4.78 is 0. The Bertz CT molecular complexity index is 816. The van der Waals surface area contributed by atoms with Gasteiger partial charge in [-0.05, 0) is 18.9 Å². The van der Waals surface area contributed by atoms with Crippen LogP contribution in [-0.4, -0.2) is 70.6 Å². The maximum atomic E-state index is 12.7. The van der Waals surface area contributed by atoms with E-state index in [0.717, 1.165) is 0 Å². The Morgan fingerprint density at radius 1 is 1.00 bits per heavy atom. The van der Waals surface area contributed by atoms with Gasteiger partial charge >= 0.3 is 5.97 Å². The molecule has 0 saturated carbocycles. The van der Waals surface area contributed by atoms with E-state index in [1.54, 1.807) is 30.3 Å². The summed E-state index contributed by atoms with van der Waals surface area (Å²) in [5.74, 6) is -4.34. The molecule has 12 heteroatoms. The normalized spacial score (nSPS) is 14.3. The van der Waals surface area contributed by atoms with Gasteiger partial charge in [-0.2, -0.15) is 0 Å². The van der Waals surface area contributed by atoms with E-state index in [1.807, 2.05) is 0 Å². The maximum absolute atomic E-state index is 12.7. The van der Waals surface area contributed by atoms with Crippen molar-refractivity contribution in [3.05, 3.63) is 35.9 Å². The first-order valence-corrected chi connectivity index (χ1v) is 9.87. The highest BCUT2D eigenvalue weighted by Crippen LogP contribution is 2.05. The number of carboxylic acid groups (broad SMARTS) is 1. The van der Waals surface area contributed by atoms with Crippen LogP contribution in [0.2, 0.25) is 0 Å². The van der Waals surface area contributed by atoms with E-state index in [9.17, 15) is 34.2 Å². The SMILES string of the molecule is CC(O)C(N)C(=O)NCC(=O)NC(Cc1ccccc1)C(=O)NC(CCC(N)=O)C(=O)O. The standard InChI is InChI=1S/C20H29N5O7/c1-11(26)17(22)19(30)23-10-16(28)24-14(9-12-5-3-2-4-6-12)18(29)25-13(20(31)32)7-8-15(21)27/h2-6,11,13-14,17,26H,7-10,22H2,1H3,(H2,21,27)(H,23,30)(H,24,28)(H,25,29)(H,31,32). The number of nitrogens with one attached hydrogen (secondary N) is 3. The Labute approximate surface area is 184 Å². The Morgan fingerprint density at radius 2 is 1.62 bits per heavy atom. The van der Waals surface area contributed by atoms with Crippen LogP contribution < -0.4 is 27.4 Å². The highest BCUT2D eigenvalue weighted by atomic mass is 16.4. The molecule has 4 amide bonds. The Kier molecular flexibility index (Phi) is 10.8. The molecule has 176 valence electrons. The number of amides is 4. The molecule has 0 radical (unpaired) electrons. The first kappa shape index (κ1) is 26.5. The molecule has 1 aromatic carbocycles. The molecule has 0 bridgehead atoms. The zero-order chi connectivity index (χ0) is 24.3. The van der Waals surface area contributed by atoms with Gasteiger partial charge in [0.1, 0.15) is 18.1 Å². The van der Waals surface area contributed by atoms with Gasteiger partial charge in [0.15, 0.2) is 0 Å². The van der Waals surface area contributed by atoms with E-state index in [-0.39, 0.29) is 19.3 Å². The van der Waals surface area contributed by atoms with E-state index >= 15 is 0 Å². The minimum Gasteiger partial charge on any atom is -0.480 e. The summed E-state index contributed by atoms with van der Waals surface area (Å²) in [5.41, 5.74) is 11.2. The summed E-state index contributed by atoms with van der Waals surface area (Å²) in [5, 5.41) is 25.6. The van der Waals surface area contributed by atoms with Crippen molar-refractivity contribution in [2.45, 2.75) is 50.4 Å². The summed E-state index contributed by atoms with van der Waals surface area (Å²) in [6.45, 7) is 0.809. The lowest BCUT2D eigenvalue weighted by Crippen LogP contribution is -2.55. The van der Waals surface area contributed by atoms with Gasteiger partial charge in [-0.25, -0.2) is 4.79 Å². The third-order valence-electron chi connectivity index (χ3n) is 4.47. The predicted octanol–water partition coefficient (Wildman–Crippen LogP) is -2.63. The monoisotopic (exact) mass is 451 g/mol. The quantitative estimate of drug-likeness (QED) is 0.168. The van der Waals surface area contributed by atoms with Crippen molar-refractivity contribution in [3.8, 4) is 0 Å². The second-order valence-electron chi connectivity index (χ2n) is 7.20. The lowest BCUT2D eigenvalue weighted by atomic mass is 10.0. The lowest BCUT2D eigenvalue weighted by Gasteiger charge is -2.22. The first-order chi connectivity index (χ1) is 15.0. The van der Waals surface area contributed by atoms with Crippen molar-refractivity contribution >= 4 is 29.6 Å². The summed E-state index contributed by atoms with van der Waals surface area (Å²) >= 11 is 0. The summed E-state index contributed by atoms with van der Waals surface area (Å²) in [4.78, 5) is 59.2. The van der Waals surface area contributed by atoms with Crippen LogP contribution in [0, 0.1) is 0 Å². The smallest absolute Gasteiger partial charge is 0.326 e. The van der Waals surface area contributed by atoms with Crippen LogP contribution >= 0.6 is 0 Å². The van der Waals surface area contributed by atoms with E-state index < -0.39 is 60.4 Å². The molecule has 0 aliphatic rings. The van der Waals surface area contributed by atoms with Gasteiger partial charge in [-0.3, -0.25) is 19.2 Å². The summed E-state index contributed by atoms with van der Waals surface area (Å²) in [7, 11) is 0. The fourth-order valence-electron chi connectivity index (χ4n) is 2.63. The zero-order valence-electron chi connectivity index (χ0n) is 17.6. The molecule has 4 atom stereocenters. The lowest BCUT2D eigenvalue weighted by molar-refractivity contribution is -0.142. The number of aliphatic carboxylic acids is 1. The number of carboxylic acids is 1. The van der Waals surface area contributed by atoms with Gasteiger partial charge in [0, 0.05) is 12.8 Å². The van der Waals surface area contributed by atoms with Crippen molar-refractivity contribution in [1.82, 2.24) is 16.0 Å². The molecule has 9 N–H and O–H groups in total. The molecule has 1 aromatic rings. The Hall–Kier alpha value is -3.51. The number of aliphatic hydroxyl groups excluding tert-OH is 1. The molecule has 1 rings (SSSR count). The van der Waals surface area contributed by atoms with Crippen LogP contribution in [0.1, 0.15) is 25.3 Å². The van der Waals surface area contributed by atoms with Crippen molar-refractivity contribution in [2.75, 3.05) is 6.54 Å². The number of nitrogens with two attached hydrogens (primary N) is 2. The van der Waals surface area contributed by atoms with Gasteiger partial charge in [0.05, 0.1) is 12.6 Å². The number of carbonyl (C=O) groups excluding carboxylic acids is 4. The predicted molar refractivity (Wildman–Crippen MR) is 113 cm³/mol. The van der Waals surface area contributed by atoms with Crippen LogP contribution in [0.4, 0.5) is 0 Å². The average Bonchev–Trinajstić information content (AvgIpc) is 2.73. The molecule has 0 aliphatic heterocycles. The molecule has 0 fully saturated rings. The number of benzene rings is 1. The second-order valence-corrected chi connectivity index (χ2v) is 7.20. The number of primary amides is 1. The van der Waals surface area contributed by atoms with E-state index in [4.69, 9.17) is 11.5 Å². The van der Waals surface area contributed by atoms with E-state index in [1.165, 1.54) is 6.92 Å². The van der Waals surface area contributed by atoms with Crippen LogP contribution in [0.3, 0.4) is 0 Å². The zero-order valence-corrected chi connectivity index (χ0v) is 17.6. The molecule has 4 unspecified atom stereocenters. The van der Waals surface area contributed by atoms with Crippen molar-refractivity contribution in [3.63, 3.8) is 0 Å². The average molecular weight is 451 g/mol. The van der Waals surface area contributed by atoms with E-state index in [0.29, 0.717) is 5.56 Å². The maximum Gasteiger partial charge on any atom is 0.326 e. The van der Waals surface area contributed by atoms with Gasteiger partial charge in [-0.1, -0.05) is 30.3 Å². The molecule has 0 aromatic heterocycles. The fraction of sp³-hybridized carbons (Fsp3) is 0.450. The fourth-order valence-corrected chi connectivity index (χ4v) is 2.63. The first-order valence-electron chi connectivity index (χ1n) is 9.87. The third-order valence-corrected chi connectivity index (χ3v) is 4.47. The number of hydrogen-bond donors (Lipinski definition) is 7. The van der Waals surface area contributed by atoms with Gasteiger partial charge in [-0.15, -0.1) is 0 Å². The van der Waals surface area contributed by atoms with Gasteiger partial charge < -0.3 is 37.6 Å². The second kappa shape index (κ2) is 13.0. The van der Waals surface area contributed by atoms with Crippen molar-refractivity contribution in [1.29, 1.82) is 0 Å². The molecule has 0 heterocycles. The molecule has 32 heavy (non-hydrogen) atoms. The minimum atomic E-state index is -1.38. The molecule has 0 saturated heterocycles. The topological polar surface area (TPSA) is 214 Å². The minimum absolute atomic E-state index is 0.0434. The molecule has 0 aliphatic carbocycles. The Balaban J connectivity index is 2.86. The highest BCUT2D eigenvalue weighted by Gasteiger charge is 2.27. The van der Waals surface area contributed by atoms with Crippen LogP contribution in [0.25, 0.3) is 0 Å². The Morgan fingerprint density at radius 3 is 2.16 bits per heavy atom. The van der Waals surface area contributed by atoms with Crippen LogP contribution in [0.5, 0.6) is 0 Å². The van der Waals surface area contributed by atoms with Crippen LogP contribution in [-0.2, 0) is 30.4 Å². The number of rotatable bonds is 13. The molecular formula is C20H29N5O7. The van der Waals surface area contributed by atoms with Gasteiger partial charge in [0.2, 0.25) is 23.6 Å². The largest absolute Gasteiger partial charge is 0.480 e. The number of carbonyl (C=O) groups is 5. The molecule has 12 nitrogen and oxygen atoms in total. The number of aliphatic hydroxyl groups is 1. The summed E-state index contributed by atoms with van der Waals surface area (Å²) in [6, 6.07) is 4.90. The van der Waals surface area contributed by atoms with E-state index in [2.05, 4.69) is 16.0 Å². The number of hydrogen-bond acceptors (Lipinski definition) is 7. The van der Waals surface area contributed by atoms with Crippen molar-refractivity contribution in [2.24, 2.45) is 11.5 Å². The van der Waals surface area contributed by atoms with Gasteiger partial charge in [0.25, 0.3) is 0 Å².